The predicted molar refractivity (Wildman–Crippen MR) is 81.7 cm³/mol. The van der Waals surface area contributed by atoms with Crippen molar-refractivity contribution < 1.29 is 4.79 Å². The second kappa shape index (κ2) is 4.98. The van der Waals surface area contributed by atoms with E-state index in [1.54, 1.807) is 6.20 Å². The molecule has 22 heavy (non-hydrogen) atoms. The largest absolute Gasteiger partial charge is 0.346 e. The van der Waals surface area contributed by atoms with E-state index in [4.69, 9.17) is 0 Å². The molecule has 0 saturated heterocycles. The quantitative estimate of drug-likeness (QED) is 0.781. The Morgan fingerprint density at radius 3 is 3.09 bits per heavy atom. The molecule has 6 nitrogen and oxygen atoms in total. The fourth-order valence-corrected chi connectivity index (χ4v) is 3.01. The van der Waals surface area contributed by atoms with Gasteiger partial charge in [0.2, 0.25) is 0 Å². The third kappa shape index (κ3) is 2.26. The third-order valence-electron chi connectivity index (χ3n) is 4.04. The Hall–Kier alpha value is -2.63. The number of aryl methyl sites for hydroxylation is 2. The van der Waals surface area contributed by atoms with Crippen molar-refractivity contribution in [2.24, 2.45) is 0 Å². The van der Waals surface area contributed by atoms with Crippen molar-refractivity contribution in [3.05, 3.63) is 54.0 Å². The molecule has 0 radical (unpaired) electrons. The van der Waals surface area contributed by atoms with Gasteiger partial charge in [-0.05, 0) is 25.5 Å². The number of amides is 1. The summed E-state index contributed by atoms with van der Waals surface area (Å²) in [7, 11) is 0. The minimum absolute atomic E-state index is 0.117. The third-order valence-corrected chi connectivity index (χ3v) is 4.04. The molecule has 1 amide bonds. The van der Waals surface area contributed by atoms with Crippen LogP contribution < -0.4 is 5.32 Å². The summed E-state index contributed by atoms with van der Waals surface area (Å²) in [5.41, 5.74) is 2.27. The highest BCUT2D eigenvalue weighted by Gasteiger charge is 2.22. The molecule has 112 valence electrons. The SMILES string of the molecule is Cc1cn2c(n1)CC[C@@H](NC(=O)c1cn3ccccc3n1)C2. The molecule has 4 heterocycles. The Labute approximate surface area is 127 Å². The van der Waals surface area contributed by atoms with Crippen LogP contribution in [-0.2, 0) is 13.0 Å². The van der Waals surface area contributed by atoms with Gasteiger partial charge in [0, 0.05) is 37.6 Å². The number of nitrogens with zero attached hydrogens (tertiary/aromatic N) is 4. The first kappa shape index (κ1) is 13.1. The van der Waals surface area contributed by atoms with Crippen LogP contribution >= 0.6 is 0 Å². The van der Waals surface area contributed by atoms with Crippen LogP contribution in [0.5, 0.6) is 0 Å². The van der Waals surface area contributed by atoms with Gasteiger partial charge in [-0.1, -0.05) is 6.07 Å². The monoisotopic (exact) mass is 295 g/mol. The van der Waals surface area contributed by atoms with E-state index in [2.05, 4.69) is 19.9 Å². The predicted octanol–water partition coefficient (Wildman–Crippen LogP) is 1.58. The van der Waals surface area contributed by atoms with Crippen molar-refractivity contribution in [2.75, 3.05) is 0 Å². The Kier molecular flexibility index (Phi) is 2.96. The molecule has 1 N–H and O–H groups in total. The maximum atomic E-state index is 12.4. The normalized spacial score (nSPS) is 17.4. The Morgan fingerprint density at radius 2 is 2.23 bits per heavy atom. The second-order valence-corrected chi connectivity index (χ2v) is 5.75. The number of aromatic nitrogens is 4. The lowest BCUT2D eigenvalue weighted by Crippen LogP contribution is -2.41. The number of fused-ring (bicyclic) bond motifs is 2. The molecule has 0 fully saturated rings. The molecule has 1 aliphatic rings. The lowest BCUT2D eigenvalue weighted by molar-refractivity contribution is 0.0923. The molecule has 0 saturated carbocycles. The number of pyridine rings is 1. The molecule has 0 bridgehead atoms. The van der Waals surface area contributed by atoms with Crippen LogP contribution in [0.1, 0.15) is 28.4 Å². The van der Waals surface area contributed by atoms with Crippen LogP contribution in [0.4, 0.5) is 0 Å². The van der Waals surface area contributed by atoms with E-state index in [9.17, 15) is 4.79 Å². The van der Waals surface area contributed by atoms with E-state index < -0.39 is 0 Å². The molecule has 6 heteroatoms. The molecule has 0 aliphatic carbocycles. The molecule has 0 unspecified atom stereocenters. The zero-order valence-electron chi connectivity index (χ0n) is 12.4. The average molecular weight is 295 g/mol. The summed E-state index contributed by atoms with van der Waals surface area (Å²) in [6, 6.07) is 5.84. The van der Waals surface area contributed by atoms with E-state index in [0.717, 1.165) is 36.6 Å². The number of nitrogens with one attached hydrogen (secondary N) is 1. The van der Waals surface area contributed by atoms with Crippen molar-refractivity contribution in [1.29, 1.82) is 0 Å². The maximum Gasteiger partial charge on any atom is 0.271 e. The average Bonchev–Trinajstić information content (AvgIpc) is 3.08. The van der Waals surface area contributed by atoms with Gasteiger partial charge >= 0.3 is 0 Å². The molecule has 4 rings (SSSR count). The van der Waals surface area contributed by atoms with Gasteiger partial charge < -0.3 is 14.3 Å². The van der Waals surface area contributed by atoms with Gasteiger partial charge in [-0.3, -0.25) is 4.79 Å². The summed E-state index contributed by atoms with van der Waals surface area (Å²) in [5, 5.41) is 3.08. The van der Waals surface area contributed by atoms with Crippen LogP contribution in [0.2, 0.25) is 0 Å². The van der Waals surface area contributed by atoms with Gasteiger partial charge in [-0.25, -0.2) is 9.97 Å². The summed E-state index contributed by atoms with van der Waals surface area (Å²) >= 11 is 0. The number of carbonyl (C=O) groups excluding carboxylic acids is 1. The molecule has 0 spiro atoms. The first-order chi connectivity index (χ1) is 10.7. The van der Waals surface area contributed by atoms with E-state index in [-0.39, 0.29) is 11.9 Å². The highest BCUT2D eigenvalue weighted by atomic mass is 16.2. The zero-order chi connectivity index (χ0) is 15.1. The molecule has 3 aromatic heterocycles. The van der Waals surface area contributed by atoms with Crippen molar-refractivity contribution in [3.8, 4) is 0 Å². The molecular weight excluding hydrogens is 278 g/mol. The maximum absolute atomic E-state index is 12.4. The van der Waals surface area contributed by atoms with Gasteiger partial charge in [0.25, 0.3) is 5.91 Å². The van der Waals surface area contributed by atoms with Crippen LogP contribution in [0.25, 0.3) is 5.65 Å². The highest BCUT2D eigenvalue weighted by molar-refractivity contribution is 5.93. The minimum atomic E-state index is -0.117. The van der Waals surface area contributed by atoms with Crippen molar-refractivity contribution in [3.63, 3.8) is 0 Å². The summed E-state index contributed by atoms with van der Waals surface area (Å²) in [4.78, 5) is 21.2. The topological polar surface area (TPSA) is 64.2 Å². The van der Waals surface area contributed by atoms with E-state index in [0.29, 0.717) is 5.69 Å². The highest BCUT2D eigenvalue weighted by Crippen LogP contribution is 2.15. The summed E-state index contributed by atoms with van der Waals surface area (Å²) in [5.74, 6) is 0.990. The molecule has 0 aromatic carbocycles. The fraction of sp³-hybridized carbons (Fsp3) is 0.312. The number of hydrogen-bond donors (Lipinski definition) is 1. The van der Waals surface area contributed by atoms with Gasteiger partial charge in [0.1, 0.15) is 17.2 Å². The molecular formula is C16H17N5O. The first-order valence-electron chi connectivity index (χ1n) is 7.46. The molecule has 1 aliphatic heterocycles. The van der Waals surface area contributed by atoms with Crippen molar-refractivity contribution >= 4 is 11.6 Å². The van der Waals surface area contributed by atoms with Crippen LogP contribution in [0.3, 0.4) is 0 Å². The fourth-order valence-electron chi connectivity index (χ4n) is 3.01. The Bertz CT molecular complexity index is 814. The number of imidazole rings is 2. The van der Waals surface area contributed by atoms with Crippen molar-refractivity contribution in [2.45, 2.75) is 32.4 Å². The van der Waals surface area contributed by atoms with Gasteiger partial charge in [-0.2, -0.15) is 0 Å². The number of carbonyl (C=O) groups is 1. The summed E-state index contributed by atoms with van der Waals surface area (Å²) in [6.45, 7) is 2.77. The molecule has 3 aromatic rings. The van der Waals surface area contributed by atoms with Crippen molar-refractivity contribution in [1.82, 2.24) is 24.3 Å². The minimum Gasteiger partial charge on any atom is -0.346 e. The number of hydrogen-bond acceptors (Lipinski definition) is 3. The summed E-state index contributed by atoms with van der Waals surface area (Å²) < 4.78 is 3.99. The van der Waals surface area contributed by atoms with E-state index in [1.807, 2.05) is 41.9 Å². The van der Waals surface area contributed by atoms with Gasteiger partial charge in [0.15, 0.2) is 0 Å². The lowest BCUT2D eigenvalue weighted by Gasteiger charge is -2.24. The first-order valence-corrected chi connectivity index (χ1v) is 7.46. The molecule has 1 atom stereocenters. The Morgan fingerprint density at radius 1 is 1.32 bits per heavy atom. The van der Waals surface area contributed by atoms with E-state index in [1.165, 1.54) is 0 Å². The number of rotatable bonds is 2. The summed E-state index contributed by atoms with van der Waals surface area (Å²) in [6.07, 6.45) is 7.50. The lowest BCUT2D eigenvalue weighted by atomic mass is 10.1. The van der Waals surface area contributed by atoms with E-state index >= 15 is 0 Å². The van der Waals surface area contributed by atoms with Crippen LogP contribution in [-0.4, -0.2) is 30.9 Å². The second-order valence-electron chi connectivity index (χ2n) is 5.75. The standard InChI is InChI=1S/C16H17N5O/c1-11-8-21-9-12(5-6-15(21)17-11)18-16(22)13-10-20-7-3-2-4-14(20)19-13/h2-4,7-8,10,12H,5-6,9H2,1H3,(H,18,22)/t12-/m1/s1. The van der Waals surface area contributed by atoms with Crippen LogP contribution in [0.15, 0.2) is 36.8 Å². The van der Waals surface area contributed by atoms with Gasteiger partial charge in [-0.15, -0.1) is 0 Å². The zero-order valence-corrected chi connectivity index (χ0v) is 12.4. The van der Waals surface area contributed by atoms with Crippen LogP contribution in [0, 0.1) is 6.92 Å². The Balaban J connectivity index is 1.50. The smallest absolute Gasteiger partial charge is 0.271 e. The van der Waals surface area contributed by atoms with Gasteiger partial charge in [0.05, 0.1) is 5.69 Å².